The number of carbonyl (C=O) groups is 1. The molecule has 3 rings (SSSR count). The molecule has 7 heteroatoms. The van der Waals surface area contributed by atoms with Crippen molar-refractivity contribution in [2.75, 3.05) is 7.11 Å². The highest BCUT2D eigenvalue weighted by Crippen LogP contribution is 2.26. The van der Waals surface area contributed by atoms with Crippen LogP contribution >= 0.6 is 0 Å². The maximum atomic E-state index is 11.4. The molecule has 22 heavy (non-hydrogen) atoms. The SMILES string of the molecule is COc1cccc(-n2nnc(C(=O)O)c2-c2ccncc2)c1. The van der Waals surface area contributed by atoms with Crippen LogP contribution < -0.4 is 4.74 Å². The van der Waals surface area contributed by atoms with E-state index in [0.29, 0.717) is 22.7 Å². The quantitative estimate of drug-likeness (QED) is 0.792. The number of carboxylic acid groups (broad SMARTS) is 1. The monoisotopic (exact) mass is 296 g/mol. The molecule has 0 fully saturated rings. The fourth-order valence-electron chi connectivity index (χ4n) is 2.12. The third-order valence-corrected chi connectivity index (χ3v) is 3.12. The summed E-state index contributed by atoms with van der Waals surface area (Å²) in [6.07, 6.45) is 3.17. The number of pyridine rings is 1. The Morgan fingerprint density at radius 1 is 1.23 bits per heavy atom. The molecule has 0 aliphatic rings. The number of aromatic nitrogens is 4. The number of nitrogens with zero attached hydrogens (tertiary/aromatic N) is 4. The van der Waals surface area contributed by atoms with Gasteiger partial charge in [0, 0.05) is 24.0 Å². The summed E-state index contributed by atoms with van der Waals surface area (Å²) in [6.45, 7) is 0. The van der Waals surface area contributed by atoms with Gasteiger partial charge in [-0.05, 0) is 24.3 Å². The second-order valence-electron chi connectivity index (χ2n) is 4.44. The topological polar surface area (TPSA) is 90.1 Å². The van der Waals surface area contributed by atoms with E-state index in [2.05, 4.69) is 15.3 Å². The molecule has 0 saturated heterocycles. The number of ether oxygens (including phenoxy) is 1. The standard InChI is InChI=1S/C15H12N4O3/c1-22-12-4-2-3-11(9-12)19-14(10-5-7-16-8-6-10)13(15(20)21)17-18-19/h2-9H,1H3,(H,20,21). The molecule has 0 radical (unpaired) electrons. The van der Waals surface area contributed by atoms with Crippen LogP contribution in [-0.2, 0) is 0 Å². The molecule has 1 N–H and O–H groups in total. The molecule has 2 heterocycles. The number of rotatable bonds is 4. The molecule has 7 nitrogen and oxygen atoms in total. The first-order valence-corrected chi connectivity index (χ1v) is 6.44. The van der Waals surface area contributed by atoms with Crippen molar-refractivity contribution in [1.29, 1.82) is 0 Å². The molecule has 0 saturated carbocycles. The minimum absolute atomic E-state index is 0.117. The van der Waals surface area contributed by atoms with Crippen LogP contribution in [0.15, 0.2) is 48.8 Å². The number of benzene rings is 1. The first-order chi connectivity index (χ1) is 10.7. The van der Waals surface area contributed by atoms with Crippen molar-refractivity contribution in [2.24, 2.45) is 0 Å². The molecule has 2 aromatic heterocycles. The van der Waals surface area contributed by atoms with Gasteiger partial charge in [-0.25, -0.2) is 9.48 Å². The van der Waals surface area contributed by atoms with Crippen molar-refractivity contribution < 1.29 is 14.6 Å². The average Bonchev–Trinajstić information content (AvgIpc) is 3.01. The lowest BCUT2D eigenvalue weighted by atomic mass is 10.1. The van der Waals surface area contributed by atoms with Crippen LogP contribution in [0.5, 0.6) is 5.75 Å². The van der Waals surface area contributed by atoms with Gasteiger partial charge in [0.1, 0.15) is 11.4 Å². The maximum Gasteiger partial charge on any atom is 0.358 e. The predicted molar refractivity (Wildman–Crippen MR) is 78.1 cm³/mol. The lowest BCUT2D eigenvalue weighted by Crippen LogP contribution is -2.03. The lowest BCUT2D eigenvalue weighted by molar-refractivity contribution is 0.0691. The second-order valence-corrected chi connectivity index (χ2v) is 4.44. The van der Waals surface area contributed by atoms with Crippen LogP contribution in [0, 0.1) is 0 Å². The molecule has 0 atom stereocenters. The Balaban J connectivity index is 2.22. The fraction of sp³-hybridized carbons (Fsp3) is 0.0667. The fourth-order valence-corrected chi connectivity index (χ4v) is 2.12. The van der Waals surface area contributed by atoms with Crippen LogP contribution in [0.25, 0.3) is 16.9 Å². The van der Waals surface area contributed by atoms with Gasteiger partial charge in [0.25, 0.3) is 0 Å². The molecule has 0 amide bonds. The Morgan fingerprint density at radius 2 is 2.00 bits per heavy atom. The summed E-state index contributed by atoms with van der Waals surface area (Å²) in [5, 5.41) is 17.1. The zero-order chi connectivity index (χ0) is 15.5. The van der Waals surface area contributed by atoms with Crippen molar-refractivity contribution in [3.8, 4) is 22.7 Å². The van der Waals surface area contributed by atoms with Gasteiger partial charge in [-0.3, -0.25) is 4.98 Å². The second kappa shape index (κ2) is 5.65. The molecular formula is C15H12N4O3. The summed E-state index contributed by atoms with van der Waals surface area (Å²) < 4.78 is 6.66. The number of hydrogen-bond donors (Lipinski definition) is 1. The van der Waals surface area contributed by atoms with Crippen molar-refractivity contribution in [1.82, 2.24) is 20.0 Å². The molecule has 0 aliphatic heterocycles. The van der Waals surface area contributed by atoms with Crippen LogP contribution in [0.3, 0.4) is 0 Å². The first kappa shape index (κ1) is 13.7. The van der Waals surface area contributed by atoms with Gasteiger partial charge in [0.15, 0.2) is 5.69 Å². The summed E-state index contributed by atoms with van der Waals surface area (Å²) in [5.41, 5.74) is 1.60. The molecular weight excluding hydrogens is 284 g/mol. The summed E-state index contributed by atoms with van der Waals surface area (Å²) in [7, 11) is 1.56. The van der Waals surface area contributed by atoms with Gasteiger partial charge >= 0.3 is 5.97 Å². The Hall–Kier alpha value is -3.22. The molecule has 0 bridgehead atoms. The molecule has 0 unspecified atom stereocenters. The highest BCUT2D eigenvalue weighted by molar-refractivity contribution is 5.93. The van der Waals surface area contributed by atoms with E-state index in [9.17, 15) is 9.90 Å². The van der Waals surface area contributed by atoms with E-state index >= 15 is 0 Å². The summed E-state index contributed by atoms with van der Waals surface area (Å²) in [6, 6.07) is 10.6. The van der Waals surface area contributed by atoms with E-state index in [0.717, 1.165) is 0 Å². The van der Waals surface area contributed by atoms with E-state index in [1.165, 1.54) is 4.68 Å². The number of aromatic carboxylic acids is 1. The third kappa shape index (κ3) is 2.39. The van der Waals surface area contributed by atoms with Gasteiger partial charge in [-0.2, -0.15) is 0 Å². The number of hydrogen-bond acceptors (Lipinski definition) is 5. The Labute approximate surface area is 125 Å². The van der Waals surface area contributed by atoms with Crippen molar-refractivity contribution >= 4 is 5.97 Å². The van der Waals surface area contributed by atoms with E-state index < -0.39 is 5.97 Å². The smallest absolute Gasteiger partial charge is 0.358 e. The maximum absolute atomic E-state index is 11.4. The van der Waals surface area contributed by atoms with Crippen LogP contribution in [0.4, 0.5) is 0 Å². The Kier molecular flexibility index (Phi) is 3.53. The molecule has 1 aromatic carbocycles. The van der Waals surface area contributed by atoms with Crippen LogP contribution in [0.1, 0.15) is 10.5 Å². The summed E-state index contributed by atoms with van der Waals surface area (Å²) in [5.74, 6) is -0.494. The van der Waals surface area contributed by atoms with E-state index in [1.54, 1.807) is 55.9 Å². The highest BCUT2D eigenvalue weighted by Gasteiger charge is 2.21. The van der Waals surface area contributed by atoms with Gasteiger partial charge in [0.2, 0.25) is 0 Å². The first-order valence-electron chi connectivity index (χ1n) is 6.44. The van der Waals surface area contributed by atoms with Crippen LogP contribution in [0.2, 0.25) is 0 Å². The molecule has 110 valence electrons. The Morgan fingerprint density at radius 3 is 2.68 bits per heavy atom. The summed E-state index contributed by atoms with van der Waals surface area (Å²) in [4.78, 5) is 15.3. The zero-order valence-corrected chi connectivity index (χ0v) is 11.7. The zero-order valence-electron chi connectivity index (χ0n) is 11.7. The third-order valence-electron chi connectivity index (χ3n) is 3.12. The van der Waals surface area contributed by atoms with Crippen LogP contribution in [-0.4, -0.2) is 38.2 Å². The van der Waals surface area contributed by atoms with Crippen molar-refractivity contribution in [3.05, 3.63) is 54.5 Å². The van der Waals surface area contributed by atoms with E-state index in [1.807, 2.05) is 0 Å². The minimum Gasteiger partial charge on any atom is -0.497 e. The Bertz CT molecular complexity index is 815. The van der Waals surface area contributed by atoms with Gasteiger partial charge in [0.05, 0.1) is 12.8 Å². The van der Waals surface area contributed by atoms with E-state index in [-0.39, 0.29) is 5.69 Å². The molecule has 3 aromatic rings. The van der Waals surface area contributed by atoms with Gasteiger partial charge < -0.3 is 9.84 Å². The summed E-state index contributed by atoms with van der Waals surface area (Å²) >= 11 is 0. The van der Waals surface area contributed by atoms with Crippen molar-refractivity contribution in [3.63, 3.8) is 0 Å². The molecule has 0 spiro atoms. The van der Waals surface area contributed by atoms with Gasteiger partial charge in [-0.15, -0.1) is 5.10 Å². The van der Waals surface area contributed by atoms with Crippen molar-refractivity contribution in [2.45, 2.75) is 0 Å². The lowest BCUT2D eigenvalue weighted by Gasteiger charge is -2.08. The largest absolute Gasteiger partial charge is 0.497 e. The predicted octanol–water partition coefficient (Wildman–Crippen LogP) is 2.04. The van der Waals surface area contributed by atoms with Gasteiger partial charge in [-0.1, -0.05) is 11.3 Å². The average molecular weight is 296 g/mol. The highest BCUT2D eigenvalue weighted by atomic mass is 16.5. The minimum atomic E-state index is -1.14. The normalized spacial score (nSPS) is 10.4. The van der Waals surface area contributed by atoms with E-state index in [4.69, 9.17) is 4.74 Å². The number of methoxy groups -OCH3 is 1. The molecule has 0 aliphatic carbocycles. The number of carboxylic acids is 1.